The second-order valence-corrected chi connectivity index (χ2v) is 15.8. The van der Waals surface area contributed by atoms with E-state index in [1.807, 2.05) is 18.2 Å². The summed E-state index contributed by atoms with van der Waals surface area (Å²) in [6.07, 6.45) is 8.25. The lowest BCUT2D eigenvalue weighted by Gasteiger charge is -2.46. The molecular weight excluding hydrogens is 544 g/mol. The van der Waals surface area contributed by atoms with Crippen molar-refractivity contribution in [1.29, 1.82) is 0 Å². The fraction of sp³-hybridized carbons (Fsp3) is 0.562. The molecule has 2 fully saturated rings. The van der Waals surface area contributed by atoms with E-state index in [9.17, 15) is 14.1 Å². The first-order valence-electron chi connectivity index (χ1n) is 14.9. The number of hydrogen-bond donors (Lipinski definition) is 2. The minimum atomic E-state index is -2.76. The van der Waals surface area contributed by atoms with Crippen molar-refractivity contribution in [2.24, 2.45) is 17.8 Å². The summed E-state index contributed by atoms with van der Waals surface area (Å²) in [5.41, 5.74) is 3.79. The molecule has 3 aliphatic heterocycles. The molecule has 40 heavy (non-hydrogen) atoms. The minimum Gasteiger partial charge on any atom is -0.490 e. The molecule has 5 atom stereocenters. The van der Waals surface area contributed by atoms with E-state index < -0.39 is 9.71 Å². The number of carbonyl (C=O) groups excluding carboxylic acids is 1. The van der Waals surface area contributed by atoms with Gasteiger partial charge in [0, 0.05) is 34.3 Å². The third-order valence-electron chi connectivity index (χ3n) is 10.6. The van der Waals surface area contributed by atoms with Gasteiger partial charge in [0.1, 0.15) is 5.75 Å². The smallest absolute Gasteiger partial charge is 0.262 e. The van der Waals surface area contributed by atoms with E-state index in [1.54, 1.807) is 6.07 Å². The fourth-order valence-electron chi connectivity index (χ4n) is 8.01. The number of carbonyl (C=O) groups is 1. The van der Waals surface area contributed by atoms with Gasteiger partial charge in [0.2, 0.25) is 0 Å². The third kappa shape index (κ3) is 4.62. The Labute approximate surface area is 242 Å². The van der Waals surface area contributed by atoms with Crippen molar-refractivity contribution < 1.29 is 18.8 Å². The van der Waals surface area contributed by atoms with Gasteiger partial charge in [0.05, 0.1) is 28.1 Å². The Morgan fingerprint density at radius 3 is 2.77 bits per heavy atom. The van der Waals surface area contributed by atoms with Crippen molar-refractivity contribution in [2.45, 2.75) is 74.6 Å². The summed E-state index contributed by atoms with van der Waals surface area (Å²) in [6, 6.07) is 11.8. The number of halogens is 1. The van der Waals surface area contributed by atoms with Gasteiger partial charge in [-0.25, -0.2) is 4.21 Å². The summed E-state index contributed by atoms with van der Waals surface area (Å²) in [5, 5.41) is 11.9. The number of aryl methyl sites for hydroxylation is 1. The molecule has 1 spiro atoms. The molecule has 6 aliphatic rings. The van der Waals surface area contributed by atoms with E-state index in [4.69, 9.17) is 16.3 Å². The Bertz CT molecular complexity index is 1440. The monoisotopic (exact) mass is 582 g/mol. The van der Waals surface area contributed by atoms with Gasteiger partial charge in [0.25, 0.3) is 5.91 Å². The third-order valence-corrected chi connectivity index (χ3v) is 12.8. The predicted octanol–water partition coefficient (Wildman–Crippen LogP) is 5.13. The number of nitrogens with zero attached hydrogens (tertiary/aromatic N) is 1. The maximum absolute atomic E-state index is 13.4. The lowest BCUT2D eigenvalue weighted by molar-refractivity contribution is 0.00483. The van der Waals surface area contributed by atoms with Crippen molar-refractivity contribution in [2.75, 3.05) is 24.6 Å². The van der Waals surface area contributed by atoms with E-state index in [0.29, 0.717) is 24.0 Å². The highest BCUT2D eigenvalue weighted by atomic mass is 35.5. The number of aliphatic hydroxyl groups excluding tert-OH is 1. The zero-order valence-corrected chi connectivity index (χ0v) is 24.5. The maximum atomic E-state index is 13.4. The first-order chi connectivity index (χ1) is 19.2. The number of nitrogens with one attached hydrogen (secondary N) is 1. The Balaban J connectivity index is 1.28. The van der Waals surface area contributed by atoms with Gasteiger partial charge in [-0.05, 0) is 123 Å². The second kappa shape index (κ2) is 9.95. The molecule has 0 saturated heterocycles. The van der Waals surface area contributed by atoms with Crippen LogP contribution in [0.1, 0.15) is 72.9 Å². The highest BCUT2D eigenvalue weighted by Gasteiger charge is 2.45. The number of ether oxygens (including phenoxy) is 1. The van der Waals surface area contributed by atoms with Crippen LogP contribution in [0.3, 0.4) is 0 Å². The second-order valence-electron chi connectivity index (χ2n) is 13.0. The van der Waals surface area contributed by atoms with Crippen LogP contribution in [-0.2, 0) is 21.5 Å². The number of aliphatic hydroxyl groups is 1. The summed E-state index contributed by atoms with van der Waals surface area (Å²) >= 11 is 6.40. The van der Waals surface area contributed by atoms with E-state index in [2.05, 4.69) is 27.6 Å². The molecule has 2 saturated carbocycles. The van der Waals surface area contributed by atoms with Crippen LogP contribution in [-0.4, -0.2) is 52.1 Å². The van der Waals surface area contributed by atoms with Crippen LogP contribution in [0.15, 0.2) is 36.4 Å². The maximum Gasteiger partial charge on any atom is 0.262 e. The molecule has 3 heterocycles. The first-order valence-corrected chi connectivity index (χ1v) is 17.0. The molecule has 8 rings (SSSR count). The van der Waals surface area contributed by atoms with E-state index in [0.717, 1.165) is 87.3 Å². The zero-order chi connectivity index (χ0) is 27.6. The van der Waals surface area contributed by atoms with Gasteiger partial charge in [-0.1, -0.05) is 17.7 Å². The quantitative estimate of drug-likeness (QED) is 0.421. The minimum absolute atomic E-state index is 0.108. The van der Waals surface area contributed by atoms with Crippen molar-refractivity contribution in [3.63, 3.8) is 0 Å². The first kappa shape index (κ1) is 26.7. The molecule has 1 unspecified atom stereocenters. The van der Waals surface area contributed by atoms with Crippen molar-refractivity contribution in [3.05, 3.63) is 58.1 Å². The van der Waals surface area contributed by atoms with Crippen molar-refractivity contribution in [3.8, 4) is 5.75 Å². The Morgan fingerprint density at radius 1 is 1.12 bits per heavy atom. The van der Waals surface area contributed by atoms with E-state index in [1.165, 1.54) is 11.1 Å². The van der Waals surface area contributed by atoms with Gasteiger partial charge in [0.15, 0.2) is 0 Å². The summed E-state index contributed by atoms with van der Waals surface area (Å²) in [6.45, 7) is 2.14. The fourth-order valence-corrected chi connectivity index (χ4v) is 9.97. The molecule has 6 nitrogen and oxygen atoms in total. The molecule has 214 valence electrons. The molecule has 0 aromatic heterocycles. The topological polar surface area (TPSA) is 78.9 Å². The number of amides is 1. The van der Waals surface area contributed by atoms with E-state index >= 15 is 0 Å². The largest absolute Gasteiger partial charge is 0.490 e. The van der Waals surface area contributed by atoms with Crippen LogP contribution >= 0.6 is 11.6 Å². The lowest BCUT2D eigenvalue weighted by atomic mass is 9.67. The summed E-state index contributed by atoms with van der Waals surface area (Å²) in [5.74, 6) is 5.50. The summed E-state index contributed by atoms with van der Waals surface area (Å²) < 4.78 is 22.8. The number of rotatable bonds is 0. The number of anilines is 1. The Morgan fingerprint density at radius 2 is 1.98 bits per heavy atom. The summed E-state index contributed by atoms with van der Waals surface area (Å²) in [7, 11) is -2.76. The predicted molar refractivity (Wildman–Crippen MR) is 161 cm³/mol. The van der Waals surface area contributed by atoms with Crippen molar-refractivity contribution in [1.82, 2.24) is 4.72 Å². The van der Waals surface area contributed by atoms with Gasteiger partial charge in [-0.3, -0.25) is 9.52 Å². The van der Waals surface area contributed by atoms with Crippen LogP contribution in [0.25, 0.3) is 0 Å². The van der Waals surface area contributed by atoms with Gasteiger partial charge in [-0.2, -0.15) is 0 Å². The van der Waals surface area contributed by atoms with Crippen LogP contribution in [0.2, 0.25) is 5.02 Å². The average Bonchev–Trinajstić information content (AvgIpc) is 3.01. The average molecular weight is 583 g/mol. The highest BCUT2D eigenvalue weighted by molar-refractivity contribution is 7.99. The molecule has 1 amide bonds. The summed E-state index contributed by atoms with van der Waals surface area (Å²) in [4.78, 5) is 15.8. The molecule has 2 aromatic carbocycles. The van der Waals surface area contributed by atoms with Crippen LogP contribution in [0.5, 0.6) is 5.75 Å². The normalized spacial score (nSPS) is 37.1. The highest BCUT2D eigenvalue weighted by Crippen LogP contribution is 2.47. The van der Waals surface area contributed by atoms with Crippen LogP contribution < -0.4 is 14.4 Å². The van der Waals surface area contributed by atoms with Crippen LogP contribution in [0.4, 0.5) is 5.69 Å². The van der Waals surface area contributed by atoms with Crippen molar-refractivity contribution >= 4 is 38.8 Å². The Kier molecular flexibility index (Phi) is 6.64. The van der Waals surface area contributed by atoms with Gasteiger partial charge >= 0.3 is 0 Å². The SMILES string of the molecule is C=S1(=O)NC(=O)c2ccc3c(c2)N(C[C@@H]2CC[C@H]2[C@@H](O)CCC2CC1C2)C[C@@]1(CCCc2cc(Cl)ccc21)CO3. The molecule has 3 aliphatic carbocycles. The number of benzene rings is 2. The number of fused-ring (bicyclic) bond motifs is 6. The molecule has 2 aromatic rings. The van der Waals surface area contributed by atoms with Gasteiger partial charge in [-0.15, -0.1) is 0 Å². The molecule has 0 radical (unpaired) electrons. The Hall–Kier alpha value is -2.22. The van der Waals surface area contributed by atoms with Crippen LogP contribution in [0, 0.1) is 17.8 Å². The zero-order valence-electron chi connectivity index (χ0n) is 22.9. The van der Waals surface area contributed by atoms with E-state index in [-0.39, 0.29) is 28.6 Å². The molecule has 4 bridgehead atoms. The molecular formula is C32H39ClN2O4S. The standard InChI is InChI=1S/C32H39ClN2O4S/c1-40(38)25-13-20(14-25)4-10-29(36)26-8-5-23(26)17-35-18-32(12-2-3-21-15-24(33)7-9-27(21)32)19-39-30-11-6-22(16-28(30)35)31(37)34-40/h6-7,9,11,15-16,20,23,25-26,29,36H,1-5,8,10,12-14,17-19H2,(H,34,37,38)/t20?,23-,25?,26+,29-,32-,40?/m0/s1. The lowest BCUT2D eigenvalue weighted by Crippen LogP contribution is -2.50. The number of hydrogen-bond acceptors (Lipinski definition) is 5. The molecule has 2 N–H and O–H groups in total. The van der Waals surface area contributed by atoms with Gasteiger partial charge < -0.3 is 14.7 Å². The molecule has 8 heteroatoms.